The number of aromatic amines is 2. The van der Waals surface area contributed by atoms with Crippen molar-refractivity contribution in [2.45, 2.75) is 62.9 Å². The molecule has 8 heteroatoms. The highest BCUT2D eigenvalue weighted by molar-refractivity contribution is 7.89. The molecular weight excluding hydrogens is 354 g/mol. The molecule has 1 aromatic heterocycles. The van der Waals surface area contributed by atoms with Gasteiger partial charge in [0.25, 0.3) is 0 Å². The Kier molecular flexibility index (Phi) is 5.28. The lowest BCUT2D eigenvalue weighted by atomic mass is 9.76. The molecule has 3 rings (SSSR count). The first kappa shape index (κ1) is 19.1. The van der Waals surface area contributed by atoms with Gasteiger partial charge in [0.2, 0.25) is 10.0 Å². The van der Waals surface area contributed by atoms with E-state index in [0.29, 0.717) is 23.0 Å². The van der Waals surface area contributed by atoms with Gasteiger partial charge >= 0.3 is 5.69 Å². The topological polar surface area (TPSA) is 115 Å². The van der Waals surface area contributed by atoms with Crippen LogP contribution in [0.4, 0.5) is 0 Å². The van der Waals surface area contributed by atoms with Crippen LogP contribution in [0.3, 0.4) is 0 Å². The molecule has 2 aromatic rings. The highest BCUT2D eigenvalue weighted by Crippen LogP contribution is 2.34. The first-order valence-corrected chi connectivity index (χ1v) is 10.6. The Labute approximate surface area is 153 Å². The van der Waals surface area contributed by atoms with Crippen molar-refractivity contribution in [1.82, 2.24) is 14.7 Å². The zero-order valence-electron chi connectivity index (χ0n) is 15.3. The molecule has 1 aromatic carbocycles. The average molecular weight is 381 g/mol. The van der Waals surface area contributed by atoms with Crippen molar-refractivity contribution in [2.24, 2.45) is 5.92 Å². The minimum absolute atomic E-state index is 0.137. The summed E-state index contributed by atoms with van der Waals surface area (Å²) in [7, 11) is -3.72. The maximum Gasteiger partial charge on any atom is 0.323 e. The van der Waals surface area contributed by atoms with Gasteiger partial charge in [-0.1, -0.05) is 19.3 Å². The van der Waals surface area contributed by atoms with Crippen LogP contribution >= 0.6 is 0 Å². The molecule has 1 atom stereocenters. The zero-order valence-corrected chi connectivity index (χ0v) is 16.1. The van der Waals surface area contributed by atoms with Gasteiger partial charge in [-0.2, -0.15) is 0 Å². The fraction of sp³-hybridized carbons (Fsp3) is 0.611. The lowest BCUT2D eigenvalue weighted by Gasteiger charge is -2.35. The number of sulfonamides is 1. The molecule has 1 saturated carbocycles. The largest absolute Gasteiger partial charge is 0.390 e. The molecule has 0 amide bonds. The molecule has 1 aliphatic carbocycles. The summed E-state index contributed by atoms with van der Waals surface area (Å²) in [5, 5.41) is 10.7. The number of aryl methyl sites for hydroxylation is 1. The predicted molar refractivity (Wildman–Crippen MR) is 101 cm³/mol. The molecule has 1 fully saturated rings. The van der Waals surface area contributed by atoms with Crippen LogP contribution in [0.1, 0.15) is 51.0 Å². The minimum atomic E-state index is -3.72. The first-order valence-electron chi connectivity index (χ1n) is 9.14. The van der Waals surface area contributed by atoms with Crippen LogP contribution in [0, 0.1) is 12.8 Å². The highest BCUT2D eigenvalue weighted by atomic mass is 32.2. The van der Waals surface area contributed by atoms with Crippen LogP contribution in [-0.2, 0) is 10.0 Å². The molecule has 1 aliphatic rings. The van der Waals surface area contributed by atoms with Gasteiger partial charge in [0, 0.05) is 6.54 Å². The van der Waals surface area contributed by atoms with Gasteiger partial charge in [-0.25, -0.2) is 17.9 Å². The van der Waals surface area contributed by atoms with Crippen molar-refractivity contribution in [1.29, 1.82) is 0 Å². The minimum Gasteiger partial charge on any atom is -0.390 e. The Hall–Kier alpha value is -1.64. The summed E-state index contributed by atoms with van der Waals surface area (Å²) in [6.07, 6.45) is 5.83. The van der Waals surface area contributed by atoms with E-state index in [2.05, 4.69) is 14.7 Å². The van der Waals surface area contributed by atoms with E-state index in [0.717, 1.165) is 25.7 Å². The molecule has 0 saturated heterocycles. The number of aromatic nitrogens is 2. The molecule has 4 N–H and O–H groups in total. The van der Waals surface area contributed by atoms with Crippen molar-refractivity contribution in [3.63, 3.8) is 0 Å². The molecule has 1 heterocycles. The summed E-state index contributed by atoms with van der Waals surface area (Å²) in [4.78, 5) is 16.7. The monoisotopic (exact) mass is 381 g/mol. The number of rotatable bonds is 6. The van der Waals surface area contributed by atoms with E-state index in [1.54, 1.807) is 19.9 Å². The van der Waals surface area contributed by atoms with Crippen LogP contribution < -0.4 is 10.4 Å². The van der Waals surface area contributed by atoms with E-state index in [-0.39, 0.29) is 23.0 Å². The summed E-state index contributed by atoms with van der Waals surface area (Å²) in [6.45, 7) is 3.67. The normalized spacial score (nSPS) is 18.9. The van der Waals surface area contributed by atoms with E-state index in [9.17, 15) is 18.3 Å². The van der Waals surface area contributed by atoms with Crippen molar-refractivity contribution in [3.05, 3.63) is 28.2 Å². The quantitative estimate of drug-likeness (QED) is 0.614. The number of aliphatic hydroxyl groups is 1. The van der Waals surface area contributed by atoms with Gasteiger partial charge in [0.1, 0.15) is 0 Å². The SMILES string of the molecule is Cc1cc2[nH]c(=O)[nH]c2cc1S(=O)(=O)NCCC(C)(O)C1CCCCC1. The number of hydrogen-bond acceptors (Lipinski definition) is 4. The molecule has 26 heavy (non-hydrogen) atoms. The van der Waals surface area contributed by atoms with Gasteiger partial charge in [0.05, 0.1) is 21.5 Å². The number of H-pyrrole nitrogens is 2. The van der Waals surface area contributed by atoms with Gasteiger partial charge in [0.15, 0.2) is 0 Å². The van der Waals surface area contributed by atoms with Crippen LogP contribution in [0.2, 0.25) is 0 Å². The van der Waals surface area contributed by atoms with Crippen molar-refractivity contribution in [2.75, 3.05) is 6.54 Å². The van der Waals surface area contributed by atoms with Gasteiger partial charge in [-0.15, -0.1) is 0 Å². The summed E-state index contributed by atoms with van der Waals surface area (Å²) in [6, 6.07) is 3.10. The number of fused-ring (bicyclic) bond motifs is 1. The van der Waals surface area contributed by atoms with E-state index in [4.69, 9.17) is 0 Å². The van der Waals surface area contributed by atoms with Crippen LogP contribution in [0.15, 0.2) is 21.8 Å². The summed E-state index contributed by atoms with van der Waals surface area (Å²) in [5.41, 5.74) is 0.347. The van der Waals surface area contributed by atoms with Gasteiger partial charge in [-0.3, -0.25) is 0 Å². The third-order valence-electron chi connectivity index (χ3n) is 5.51. The smallest absolute Gasteiger partial charge is 0.323 e. The van der Waals surface area contributed by atoms with E-state index in [1.165, 1.54) is 12.5 Å². The maximum atomic E-state index is 12.7. The third-order valence-corrected chi connectivity index (χ3v) is 7.11. The lowest BCUT2D eigenvalue weighted by Crippen LogP contribution is -2.39. The molecule has 144 valence electrons. The van der Waals surface area contributed by atoms with E-state index < -0.39 is 15.6 Å². The first-order chi connectivity index (χ1) is 12.2. The van der Waals surface area contributed by atoms with Crippen LogP contribution in [0.5, 0.6) is 0 Å². The standard InChI is InChI=1S/C18H27N3O4S/c1-12-10-14-15(21-17(22)20-14)11-16(12)26(24,25)19-9-8-18(2,23)13-6-4-3-5-7-13/h10-11,13,19,23H,3-9H2,1-2H3,(H2,20,21,22). The Balaban J connectivity index is 1.71. The molecule has 0 aliphatic heterocycles. The number of nitrogens with one attached hydrogen (secondary N) is 3. The molecule has 0 spiro atoms. The molecule has 0 bridgehead atoms. The Morgan fingerprint density at radius 3 is 2.46 bits per heavy atom. The molecular formula is C18H27N3O4S. The third kappa shape index (κ3) is 4.02. The van der Waals surface area contributed by atoms with Crippen molar-refractivity contribution < 1.29 is 13.5 Å². The number of benzene rings is 1. The zero-order chi connectivity index (χ0) is 18.9. The molecule has 7 nitrogen and oxygen atoms in total. The second-order valence-electron chi connectivity index (χ2n) is 7.58. The van der Waals surface area contributed by atoms with E-state index >= 15 is 0 Å². The fourth-order valence-electron chi connectivity index (χ4n) is 3.91. The number of hydrogen-bond donors (Lipinski definition) is 4. The van der Waals surface area contributed by atoms with Gasteiger partial charge in [-0.05, 0) is 56.7 Å². The maximum absolute atomic E-state index is 12.7. The van der Waals surface area contributed by atoms with E-state index in [1.807, 2.05) is 0 Å². The summed E-state index contributed by atoms with van der Waals surface area (Å²) < 4.78 is 27.9. The molecule has 0 radical (unpaired) electrons. The Bertz CT molecular complexity index is 937. The van der Waals surface area contributed by atoms with Crippen LogP contribution in [0.25, 0.3) is 11.0 Å². The highest BCUT2D eigenvalue weighted by Gasteiger charge is 2.32. The van der Waals surface area contributed by atoms with Crippen LogP contribution in [-0.4, -0.2) is 35.6 Å². The fourth-order valence-corrected chi connectivity index (χ4v) is 5.19. The lowest BCUT2D eigenvalue weighted by molar-refractivity contribution is -0.0220. The summed E-state index contributed by atoms with van der Waals surface area (Å²) >= 11 is 0. The van der Waals surface area contributed by atoms with Gasteiger partial charge < -0.3 is 15.1 Å². The Morgan fingerprint density at radius 1 is 1.19 bits per heavy atom. The summed E-state index contributed by atoms with van der Waals surface area (Å²) in [5.74, 6) is 0.226. The predicted octanol–water partition coefficient (Wildman–Crippen LogP) is 2.16. The number of imidazole rings is 1. The van der Waals surface area contributed by atoms with Crippen molar-refractivity contribution >= 4 is 21.1 Å². The Morgan fingerprint density at radius 2 is 1.81 bits per heavy atom. The molecule has 1 unspecified atom stereocenters. The second kappa shape index (κ2) is 7.17. The average Bonchev–Trinajstić information content (AvgIpc) is 2.93. The van der Waals surface area contributed by atoms with Crippen molar-refractivity contribution in [3.8, 4) is 0 Å². The second-order valence-corrected chi connectivity index (χ2v) is 9.32.